The molecule has 0 aromatic rings. The van der Waals surface area contributed by atoms with Gasteiger partial charge in [-0.1, -0.05) is 0 Å². The van der Waals surface area contributed by atoms with Crippen LogP contribution in [-0.4, -0.2) is 46.5 Å². The van der Waals surface area contributed by atoms with E-state index in [0.29, 0.717) is 0 Å². The fourth-order valence-corrected chi connectivity index (χ4v) is 2.90. The summed E-state index contributed by atoms with van der Waals surface area (Å²) in [7, 11) is -0.621. The van der Waals surface area contributed by atoms with Crippen LogP contribution in [0.4, 0.5) is 0 Å². The average Bonchev–Trinajstić information content (AvgIpc) is 2.14. The highest BCUT2D eigenvalue weighted by atomic mass is 32.2. The number of sulfonamides is 1. The molecule has 17 heavy (non-hydrogen) atoms. The molecular weight excluding hydrogens is 246 g/mol. The summed E-state index contributed by atoms with van der Waals surface area (Å²) in [4.78, 5) is 10.8. The Morgan fingerprint density at radius 1 is 1.29 bits per heavy atom. The number of rotatable bonds is 8. The van der Waals surface area contributed by atoms with E-state index < -0.39 is 21.5 Å². The number of nitrogens with one attached hydrogen (secondary N) is 1. The van der Waals surface area contributed by atoms with Gasteiger partial charge in [0.1, 0.15) is 0 Å². The van der Waals surface area contributed by atoms with Gasteiger partial charge in [-0.2, -0.15) is 0 Å². The lowest BCUT2D eigenvalue weighted by Gasteiger charge is -2.24. The van der Waals surface area contributed by atoms with E-state index in [1.165, 1.54) is 14.2 Å². The van der Waals surface area contributed by atoms with E-state index in [1.807, 2.05) is 0 Å². The van der Waals surface area contributed by atoms with Gasteiger partial charge in [0.2, 0.25) is 10.0 Å². The number of methoxy groups -OCH3 is 2. The number of hydrogen-bond donors (Lipinski definition) is 1. The zero-order chi connectivity index (χ0) is 13.5. The molecule has 7 heteroatoms. The SMILES string of the molecule is COCC(C)(C)NS(=O)(=O)CCCC(=O)OC. The van der Waals surface area contributed by atoms with Crippen molar-refractivity contribution in [2.24, 2.45) is 0 Å². The van der Waals surface area contributed by atoms with Crippen LogP contribution in [-0.2, 0) is 24.3 Å². The standard InChI is InChI=1S/C10H21NO5S/c1-10(2,8-15-3)11-17(13,14)7-5-6-9(12)16-4/h11H,5-8H2,1-4H3. The Hall–Kier alpha value is -0.660. The van der Waals surface area contributed by atoms with Crippen LogP contribution >= 0.6 is 0 Å². The molecular formula is C10H21NO5S. The Balaban J connectivity index is 4.17. The van der Waals surface area contributed by atoms with E-state index in [2.05, 4.69) is 9.46 Å². The highest BCUT2D eigenvalue weighted by Gasteiger charge is 2.24. The predicted molar refractivity (Wildman–Crippen MR) is 64.1 cm³/mol. The predicted octanol–water partition coefficient (Wildman–Crippen LogP) is 0.284. The van der Waals surface area contributed by atoms with Crippen molar-refractivity contribution < 1.29 is 22.7 Å². The van der Waals surface area contributed by atoms with Crippen LogP contribution in [0.5, 0.6) is 0 Å². The molecule has 0 aliphatic heterocycles. The first kappa shape index (κ1) is 16.3. The third-order valence-electron chi connectivity index (χ3n) is 1.96. The molecule has 0 aromatic heterocycles. The molecule has 0 saturated carbocycles. The molecule has 0 amide bonds. The van der Waals surface area contributed by atoms with Gasteiger partial charge >= 0.3 is 5.97 Å². The third kappa shape index (κ3) is 8.12. The number of esters is 1. The second-order valence-corrected chi connectivity index (χ2v) is 6.26. The van der Waals surface area contributed by atoms with Crippen molar-refractivity contribution in [3.05, 3.63) is 0 Å². The van der Waals surface area contributed by atoms with Crippen molar-refractivity contribution in [1.29, 1.82) is 0 Å². The molecule has 0 heterocycles. The van der Waals surface area contributed by atoms with Crippen LogP contribution in [0, 0.1) is 0 Å². The molecule has 0 radical (unpaired) electrons. The quantitative estimate of drug-likeness (QED) is 0.639. The van der Waals surface area contributed by atoms with Crippen LogP contribution in [0.15, 0.2) is 0 Å². The topological polar surface area (TPSA) is 81.7 Å². The zero-order valence-corrected chi connectivity index (χ0v) is 11.6. The second kappa shape index (κ2) is 6.93. The van der Waals surface area contributed by atoms with Gasteiger partial charge in [-0.3, -0.25) is 4.79 Å². The highest BCUT2D eigenvalue weighted by molar-refractivity contribution is 7.89. The first-order valence-corrected chi connectivity index (χ1v) is 6.95. The summed E-state index contributed by atoms with van der Waals surface area (Å²) in [5, 5.41) is 0. The van der Waals surface area contributed by atoms with Crippen molar-refractivity contribution in [3.8, 4) is 0 Å². The minimum atomic E-state index is -3.40. The highest BCUT2D eigenvalue weighted by Crippen LogP contribution is 2.06. The minimum absolute atomic E-state index is 0.0993. The number of carbonyl (C=O) groups is 1. The Labute approximate surface area is 103 Å². The number of ether oxygens (including phenoxy) is 2. The maximum absolute atomic E-state index is 11.7. The van der Waals surface area contributed by atoms with Gasteiger partial charge in [0.05, 0.1) is 25.0 Å². The fourth-order valence-electron chi connectivity index (χ4n) is 1.37. The van der Waals surface area contributed by atoms with Gasteiger partial charge in [0, 0.05) is 13.5 Å². The van der Waals surface area contributed by atoms with Gasteiger partial charge in [0.25, 0.3) is 0 Å². The molecule has 0 aliphatic carbocycles. The normalized spacial score (nSPS) is 12.5. The summed E-state index contributed by atoms with van der Waals surface area (Å²) >= 11 is 0. The summed E-state index contributed by atoms with van der Waals surface area (Å²) in [6, 6.07) is 0. The van der Waals surface area contributed by atoms with Crippen LogP contribution in [0.3, 0.4) is 0 Å². The molecule has 0 saturated heterocycles. The Morgan fingerprint density at radius 3 is 2.35 bits per heavy atom. The molecule has 1 N–H and O–H groups in total. The smallest absolute Gasteiger partial charge is 0.305 e. The van der Waals surface area contributed by atoms with E-state index in [-0.39, 0.29) is 25.2 Å². The van der Waals surface area contributed by atoms with Crippen molar-refractivity contribution in [3.63, 3.8) is 0 Å². The first-order chi connectivity index (χ1) is 7.72. The van der Waals surface area contributed by atoms with Gasteiger partial charge in [-0.05, 0) is 20.3 Å². The summed E-state index contributed by atoms with van der Waals surface area (Å²) < 4.78 is 35.2. The molecule has 0 aliphatic rings. The van der Waals surface area contributed by atoms with Crippen molar-refractivity contribution in [1.82, 2.24) is 4.72 Å². The lowest BCUT2D eigenvalue weighted by molar-refractivity contribution is -0.140. The van der Waals surface area contributed by atoms with Crippen molar-refractivity contribution >= 4 is 16.0 Å². The summed E-state index contributed by atoms with van der Waals surface area (Å²) in [5.74, 6) is -0.508. The summed E-state index contributed by atoms with van der Waals surface area (Å²) in [5.41, 5.74) is -0.654. The number of hydrogen-bond acceptors (Lipinski definition) is 5. The van der Waals surface area contributed by atoms with Gasteiger partial charge in [-0.15, -0.1) is 0 Å². The van der Waals surface area contributed by atoms with Crippen molar-refractivity contribution in [2.45, 2.75) is 32.2 Å². The third-order valence-corrected chi connectivity index (χ3v) is 3.65. The van der Waals surface area contributed by atoms with Crippen LogP contribution in [0.25, 0.3) is 0 Å². The molecule has 0 unspecified atom stereocenters. The second-order valence-electron chi connectivity index (χ2n) is 4.42. The van der Waals surface area contributed by atoms with Gasteiger partial charge < -0.3 is 9.47 Å². The fraction of sp³-hybridized carbons (Fsp3) is 0.900. The van der Waals surface area contributed by atoms with Crippen LogP contribution in [0.2, 0.25) is 0 Å². The lowest BCUT2D eigenvalue weighted by Crippen LogP contribution is -2.47. The Morgan fingerprint density at radius 2 is 1.88 bits per heavy atom. The monoisotopic (exact) mass is 267 g/mol. The van der Waals surface area contributed by atoms with Gasteiger partial charge in [-0.25, -0.2) is 13.1 Å². The Bertz CT molecular complexity index is 337. The molecule has 0 rings (SSSR count). The van der Waals surface area contributed by atoms with E-state index in [1.54, 1.807) is 13.8 Å². The average molecular weight is 267 g/mol. The summed E-state index contributed by atoms with van der Waals surface area (Å²) in [6.45, 7) is 3.74. The minimum Gasteiger partial charge on any atom is -0.469 e. The maximum atomic E-state index is 11.7. The van der Waals surface area contributed by atoms with Crippen LogP contribution < -0.4 is 4.72 Å². The summed E-state index contributed by atoms with van der Waals surface area (Å²) in [6.07, 6.45) is 0.340. The van der Waals surface area contributed by atoms with Crippen molar-refractivity contribution in [2.75, 3.05) is 26.6 Å². The molecule has 0 atom stereocenters. The molecule has 0 fully saturated rings. The molecule has 102 valence electrons. The molecule has 0 spiro atoms. The van der Waals surface area contributed by atoms with E-state index in [9.17, 15) is 13.2 Å². The van der Waals surface area contributed by atoms with E-state index >= 15 is 0 Å². The van der Waals surface area contributed by atoms with Crippen LogP contribution in [0.1, 0.15) is 26.7 Å². The number of carbonyl (C=O) groups excluding carboxylic acids is 1. The van der Waals surface area contributed by atoms with E-state index in [0.717, 1.165) is 0 Å². The maximum Gasteiger partial charge on any atom is 0.305 e. The van der Waals surface area contributed by atoms with Gasteiger partial charge in [0.15, 0.2) is 0 Å². The Kier molecular flexibility index (Phi) is 6.66. The zero-order valence-electron chi connectivity index (χ0n) is 10.8. The molecule has 0 aromatic carbocycles. The first-order valence-electron chi connectivity index (χ1n) is 5.30. The van der Waals surface area contributed by atoms with E-state index in [4.69, 9.17) is 4.74 Å². The largest absolute Gasteiger partial charge is 0.469 e. The molecule has 6 nitrogen and oxygen atoms in total. The lowest BCUT2D eigenvalue weighted by atomic mass is 10.1. The molecule has 0 bridgehead atoms.